The SMILES string of the molecule is CCCCC/C=C/C/C=C/C/C=C/C/C=C/CCCCCC(=O)OC[C@H](COP(=O)(O)OCC[N+](C)(C)C)OC(=O)CCC/C=C/C/C=C/C/C=C/C/C=C/CCCCCCCCC. The van der Waals surface area contributed by atoms with Gasteiger partial charge < -0.3 is 18.9 Å². The van der Waals surface area contributed by atoms with Crippen molar-refractivity contribution in [2.75, 3.05) is 47.5 Å². The lowest BCUT2D eigenvalue weighted by Crippen LogP contribution is -2.37. The Morgan fingerprint density at radius 2 is 0.859 bits per heavy atom. The molecule has 0 radical (unpaired) electrons. The highest BCUT2D eigenvalue weighted by atomic mass is 31.2. The number of hydrogen-bond acceptors (Lipinski definition) is 7. The number of phosphoric acid groups is 1. The lowest BCUT2D eigenvalue weighted by molar-refractivity contribution is -0.870. The number of carbonyl (C=O) groups excluding carboxylic acids is 2. The number of nitrogens with zero attached hydrogens (tertiary/aromatic N) is 1. The molecule has 0 rings (SSSR count). The van der Waals surface area contributed by atoms with Crippen LogP contribution in [0.1, 0.15) is 181 Å². The van der Waals surface area contributed by atoms with E-state index in [1.807, 2.05) is 27.2 Å². The van der Waals surface area contributed by atoms with Gasteiger partial charge in [0.25, 0.3) is 0 Å². The summed E-state index contributed by atoms with van der Waals surface area (Å²) in [5.74, 6) is -0.908. The second kappa shape index (κ2) is 45.1. The Balaban J connectivity index is 4.47. The van der Waals surface area contributed by atoms with Crippen LogP contribution in [0.4, 0.5) is 0 Å². The maximum Gasteiger partial charge on any atom is 0.472 e. The summed E-state index contributed by atoms with van der Waals surface area (Å²) in [5.41, 5.74) is 0. The minimum Gasteiger partial charge on any atom is -0.462 e. The Morgan fingerprint density at radius 1 is 0.484 bits per heavy atom. The van der Waals surface area contributed by atoms with Gasteiger partial charge in [0.15, 0.2) is 6.10 Å². The fourth-order valence-electron chi connectivity index (χ4n) is 6.17. The molecule has 0 aliphatic rings. The van der Waals surface area contributed by atoms with Gasteiger partial charge in [-0.15, -0.1) is 0 Å². The van der Waals surface area contributed by atoms with Gasteiger partial charge in [0.1, 0.15) is 19.8 Å². The van der Waals surface area contributed by atoms with Gasteiger partial charge in [-0.2, -0.15) is 0 Å². The zero-order chi connectivity index (χ0) is 47.1. The highest BCUT2D eigenvalue weighted by Gasteiger charge is 2.27. The summed E-state index contributed by atoms with van der Waals surface area (Å²) in [7, 11) is 1.41. The second-order valence-electron chi connectivity index (χ2n) is 17.5. The first kappa shape index (κ1) is 60.9. The van der Waals surface area contributed by atoms with Crippen molar-refractivity contribution in [2.45, 2.75) is 187 Å². The molecule has 0 fully saturated rings. The molecule has 1 unspecified atom stereocenters. The molecule has 0 spiro atoms. The molecular weight excluding hydrogens is 822 g/mol. The van der Waals surface area contributed by atoms with E-state index in [1.165, 1.54) is 77.0 Å². The zero-order valence-corrected chi connectivity index (χ0v) is 42.1. The van der Waals surface area contributed by atoms with Gasteiger partial charge in [-0.3, -0.25) is 18.6 Å². The molecule has 366 valence electrons. The largest absolute Gasteiger partial charge is 0.472 e. The topological polar surface area (TPSA) is 108 Å². The minimum absolute atomic E-state index is 0.0107. The Kier molecular flexibility index (Phi) is 42.9. The van der Waals surface area contributed by atoms with Crippen molar-refractivity contribution < 1.29 is 42.1 Å². The molecule has 0 aliphatic carbocycles. The normalized spacial score (nSPS) is 14.3. The maximum atomic E-state index is 12.7. The van der Waals surface area contributed by atoms with E-state index >= 15 is 0 Å². The van der Waals surface area contributed by atoms with Crippen molar-refractivity contribution in [1.29, 1.82) is 0 Å². The molecule has 0 aromatic carbocycles. The van der Waals surface area contributed by atoms with Gasteiger partial charge in [-0.25, -0.2) is 4.57 Å². The molecule has 0 heterocycles. The van der Waals surface area contributed by atoms with Crippen molar-refractivity contribution in [3.05, 3.63) is 97.2 Å². The quantitative estimate of drug-likeness (QED) is 0.0212. The van der Waals surface area contributed by atoms with Crippen LogP contribution in [0.2, 0.25) is 0 Å². The van der Waals surface area contributed by atoms with Gasteiger partial charge in [-0.05, 0) is 96.3 Å². The van der Waals surface area contributed by atoms with Crippen LogP contribution < -0.4 is 0 Å². The molecular formula is C54H93NO8P+. The number of phosphoric ester groups is 1. The third kappa shape index (κ3) is 48.4. The molecule has 0 bridgehead atoms. The molecule has 2 atom stereocenters. The van der Waals surface area contributed by atoms with Crippen LogP contribution in [0, 0.1) is 0 Å². The Hall–Kier alpha value is -3.07. The first-order valence-electron chi connectivity index (χ1n) is 25.0. The number of likely N-dealkylation sites (N-methyl/N-ethyl adjacent to an activating group) is 1. The summed E-state index contributed by atoms with van der Waals surface area (Å²) in [4.78, 5) is 35.5. The molecule has 0 aromatic rings. The van der Waals surface area contributed by atoms with Crippen LogP contribution in [0.25, 0.3) is 0 Å². The highest BCUT2D eigenvalue weighted by molar-refractivity contribution is 7.47. The third-order valence-corrected chi connectivity index (χ3v) is 11.1. The third-order valence-electron chi connectivity index (χ3n) is 10.1. The van der Waals surface area contributed by atoms with E-state index < -0.39 is 32.5 Å². The fourth-order valence-corrected chi connectivity index (χ4v) is 6.91. The molecule has 1 N–H and O–H groups in total. The van der Waals surface area contributed by atoms with E-state index in [0.717, 1.165) is 57.8 Å². The lowest BCUT2D eigenvalue weighted by atomic mass is 10.1. The Labute approximate surface area is 392 Å². The number of carbonyl (C=O) groups is 2. The molecule has 10 heteroatoms. The van der Waals surface area contributed by atoms with Gasteiger partial charge >= 0.3 is 19.8 Å². The number of ether oxygens (including phenoxy) is 2. The monoisotopic (exact) mass is 915 g/mol. The molecule has 9 nitrogen and oxygen atoms in total. The second-order valence-corrected chi connectivity index (χ2v) is 18.9. The minimum atomic E-state index is -4.41. The fraction of sp³-hybridized carbons (Fsp3) is 0.667. The van der Waals surface area contributed by atoms with Crippen LogP contribution in [0.15, 0.2) is 97.2 Å². The lowest BCUT2D eigenvalue weighted by Gasteiger charge is -2.24. The number of unbranched alkanes of at least 4 members (excludes halogenated alkanes) is 14. The van der Waals surface area contributed by atoms with Gasteiger partial charge in [0.2, 0.25) is 0 Å². The molecule has 64 heavy (non-hydrogen) atoms. The predicted octanol–water partition coefficient (Wildman–Crippen LogP) is 14.9. The maximum absolute atomic E-state index is 12.7. The highest BCUT2D eigenvalue weighted by Crippen LogP contribution is 2.43. The summed E-state index contributed by atoms with van der Waals surface area (Å²) in [6.45, 7) is 4.28. The van der Waals surface area contributed by atoms with Crippen LogP contribution in [-0.2, 0) is 32.7 Å². The van der Waals surface area contributed by atoms with Crippen molar-refractivity contribution in [1.82, 2.24) is 0 Å². The first-order chi connectivity index (χ1) is 31.0. The Morgan fingerprint density at radius 3 is 1.33 bits per heavy atom. The average molecular weight is 915 g/mol. The van der Waals surface area contributed by atoms with E-state index in [-0.39, 0.29) is 26.1 Å². The van der Waals surface area contributed by atoms with Crippen molar-refractivity contribution in [2.24, 2.45) is 0 Å². The summed E-state index contributed by atoms with van der Waals surface area (Å²) < 4.78 is 34.3. The van der Waals surface area contributed by atoms with Gasteiger partial charge in [0.05, 0.1) is 27.7 Å². The molecule has 0 aromatic heterocycles. The number of quaternary nitrogens is 1. The summed E-state index contributed by atoms with van der Waals surface area (Å²) in [5, 5.41) is 0. The summed E-state index contributed by atoms with van der Waals surface area (Å²) in [6.07, 6.45) is 60.4. The van der Waals surface area contributed by atoms with E-state index in [1.54, 1.807) is 0 Å². The van der Waals surface area contributed by atoms with E-state index in [2.05, 4.69) is 105 Å². The predicted molar refractivity (Wildman–Crippen MR) is 270 cm³/mol. The van der Waals surface area contributed by atoms with E-state index in [4.69, 9.17) is 18.5 Å². The Bertz CT molecular complexity index is 1400. The standard InChI is InChI=1S/C54H92NO8P/c1-6-8-10-12-14-16-18-20-22-24-26-27-29-31-33-35-37-39-41-43-45-47-54(57)63-52(51-62-64(58,59)61-49-48-55(3,4)5)50-60-53(56)46-44-42-40-38-36-34-32-30-28-25-23-21-19-17-15-13-11-9-7-2/h15,17,21-24,27-30,33-36,39,41,52H,6-14,16,18-20,25-26,31-32,37-38,40,42-51H2,1-5H3/p+1/b17-15+,23-21+,24-22+,29-27+,30-28+,35-33+,36-34+,41-39+/t52-/m1/s1. The van der Waals surface area contributed by atoms with Crippen molar-refractivity contribution >= 4 is 19.8 Å². The number of rotatable bonds is 44. The van der Waals surface area contributed by atoms with Crippen LogP contribution in [0.5, 0.6) is 0 Å². The van der Waals surface area contributed by atoms with E-state index in [9.17, 15) is 19.0 Å². The average Bonchev–Trinajstić information content (AvgIpc) is 3.25. The molecule has 0 aliphatic heterocycles. The van der Waals surface area contributed by atoms with Crippen LogP contribution in [-0.4, -0.2) is 74.9 Å². The zero-order valence-electron chi connectivity index (χ0n) is 41.2. The van der Waals surface area contributed by atoms with Gasteiger partial charge in [-0.1, -0.05) is 169 Å². The number of esters is 2. The molecule has 0 amide bonds. The summed E-state index contributed by atoms with van der Waals surface area (Å²) in [6, 6.07) is 0. The molecule has 0 saturated carbocycles. The van der Waals surface area contributed by atoms with Crippen molar-refractivity contribution in [3.8, 4) is 0 Å². The first-order valence-corrected chi connectivity index (χ1v) is 26.5. The van der Waals surface area contributed by atoms with Crippen LogP contribution >= 0.6 is 7.82 Å². The number of allylic oxidation sites excluding steroid dienone is 16. The molecule has 0 saturated heterocycles. The van der Waals surface area contributed by atoms with E-state index in [0.29, 0.717) is 30.3 Å². The summed E-state index contributed by atoms with van der Waals surface area (Å²) >= 11 is 0. The van der Waals surface area contributed by atoms with Crippen molar-refractivity contribution in [3.63, 3.8) is 0 Å². The number of hydrogen-bond donors (Lipinski definition) is 1. The van der Waals surface area contributed by atoms with Gasteiger partial charge in [0, 0.05) is 12.8 Å². The van der Waals surface area contributed by atoms with Crippen LogP contribution in [0.3, 0.4) is 0 Å². The smallest absolute Gasteiger partial charge is 0.462 e.